The summed E-state index contributed by atoms with van der Waals surface area (Å²) in [6, 6.07) is 6.96. The van der Waals surface area contributed by atoms with Crippen molar-refractivity contribution < 1.29 is 9.59 Å². The summed E-state index contributed by atoms with van der Waals surface area (Å²) in [5.41, 5.74) is 1.43. The predicted octanol–water partition coefficient (Wildman–Crippen LogP) is 2.98. The summed E-state index contributed by atoms with van der Waals surface area (Å²) in [7, 11) is 0. The average molecular weight is 257 g/mol. The van der Waals surface area contributed by atoms with Crippen LogP contribution in [0.5, 0.6) is 0 Å². The fraction of sp³-hybridized carbons (Fsp3) is 0.375. The van der Waals surface area contributed by atoms with Gasteiger partial charge in [0.2, 0.25) is 5.78 Å². The lowest BCUT2D eigenvalue weighted by atomic mass is 9.92. The Balaban J connectivity index is 2.04. The largest absolute Gasteiger partial charge is 0.382 e. The van der Waals surface area contributed by atoms with Crippen LogP contribution >= 0.6 is 0 Å². The maximum atomic E-state index is 12.2. The SMILES string of the molecule is CC(C)CCCNC1=CC(=O)c2ccccc2C1=O. The number of rotatable bonds is 5. The van der Waals surface area contributed by atoms with Crippen LogP contribution < -0.4 is 5.32 Å². The Bertz CT molecular complexity index is 529. The Hall–Kier alpha value is -1.90. The van der Waals surface area contributed by atoms with Gasteiger partial charge in [0.05, 0.1) is 5.70 Å². The molecule has 2 rings (SSSR count). The van der Waals surface area contributed by atoms with Crippen LogP contribution in [0.4, 0.5) is 0 Å². The van der Waals surface area contributed by atoms with E-state index in [0.29, 0.717) is 22.7 Å². The molecule has 0 heterocycles. The third-order valence-corrected chi connectivity index (χ3v) is 3.23. The third-order valence-electron chi connectivity index (χ3n) is 3.23. The summed E-state index contributed by atoms with van der Waals surface area (Å²) >= 11 is 0. The minimum Gasteiger partial charge on any atom is -0.382 e. The van der Waals surface area contributed by atoms with Crippen molar-refractivity contribution in [2.24, 2.45) is 5.92 Å². The Morgan fingerprint density at radius 2 is 1.79 bits per heavy atom. The van der Waals surface area contributed by atoms with E-state index in [2.05, 4.69) is 19.2 Å². The van der Waals surface area contributed by atoms with Crippen molar-refractivity contribution >= 4 is 11.6 Å². The molecule has 0 radical (unpaired) electrons. The van der Waals surface area contributed by atoms with Crippen molar-refractivity contribution in [3.05, 3.63) is 47.2 Å². The number of allylic oxidation sites excluding steroid dienone is 2. The van der Waals surface area contributed by atoms with Gasteiger partial charge in [-0.2, -0.15) is 0 Å². The number of ketones is 2. The first kappa shape index (κ1) is 13.5. The van der Waals surface area contributed by atoms with E-state index in [9.17, 15) is 9.59 Å². The first-order valence-electron chi connectivity index (χ1n) is 6.73. The molecule has 0 atom stereocenters. The van der Waals surface area contributed by atoms with Gasteiger partial charge >= 0.3 is 0 Å². The van der Waals surface area contributed by atoms with Gasteiger partial charge in [-0.25, -0.2) is 0 Å². The maximum absolute atomic E-state index is 12.2. The summed E-state index contributed by atoms with van der Waals surface area (Å²) < 4.78 is 0. The second-order valence-corrected chi connectivity index (χ2v) is 5.26. The van der Waals surface area contributed by atoms with Crippen LogP contribution in [-0.4, -0.2) is 18.1 Å². The molecule has 1 aromatic carbocycles. The molecular weight excluding hydrogens is 238 g/mol. The quantitative estimate of drug-likeness (QED) is 0.825. The van der Waals surface area contributed by atoms with Gasteiger partial charge < -0.3 is 5.32 Å². The number of benzene rings is 1. The van der Waals surface area contributed by atoms with Gasteiger partial charge in [-0.3, -0.25) is 9.59 Å². The molecule has 1 aliphatic carbocycles. The molecule has 19 heavy (non-hydrogen) atoms. The molecule has 0 fully saturated rings. The first-order chi connectivity index (χ1) is 9.09. The lowest BCUT2D eigenvalue weighted by molar-refractivity contribution is 0.0978. The Morgan fingerprint density at radius 3 is 2.47 bits per heavy atom. The highest BCUT2D eigenvalue weighted by molar-refractivity contribution is 6.24. The van der Waals surface area contributed by atoms with E-state index in [1.54, 1.807) is 24.3 Å². The van der Waals surface area contributed by atoms with Gasteiger partial charge in [-0.1, -0.05) is 38.1 Å². The highest BCUT2D eigenvalue weighted by atomic mass is 16.1. The van der Waals surface area contributed by atoms with Gasteiger partial charge in [0.15, 0.2) is 5.78 Å². The second-order valence-electron chi connectivity index (χ2n) is 5.26. The fourth-order valence-electron chi connectivity index (χ4n) is 2.18. The second kappa shape index (κ2) is 5.83. The molecule has 0 saturated carbocycles. The average Bonchev–Trinajstić information content (AvgIpc) is 2.40. The summed E-state index contributed by atoms with van der Waals surface area (Å²) in [6.45, 7) is 5.07. The standard InChI is InChI=1S/C16H19NO2/c1-11(2)6-5-9-17-14-10-15(18)12-7-3-4-8-13(12)16(14)19/h3-4,7-8,10-11,17H,5-6,9H2,1-2H3. The van der Waals surface area contributed by atoms with Crippen LogP contribution in [0.3, 0.4) is 0 Å². The minimum atomic E-state index is -0.0958. The Labute approximate surface area is 113 Å². The van der Waals surface area contributed by atoms with E-state index in [0.717, 1.165) is 19.4 Å². The zero-order valence-electron chi connectivity index (χ0n) is 11.4. The van der Waals surface area contributed by atoms with Crippen LogP contribution in [0, 0.1) is 5.92 Å². The fourth-order valence-corrected chi connectivity index (χ4v) is 2.18. The molecule has 0 amide bonds. The van der Waals surface area contributed by atoms with Crippen LogP contribution in [0.2, 0.25) is 0 Å². The molecule has 0 unspecified atom stereocenters. The van der Waals surface area contributed by atoms with Crippen molar-refractivity contribution in [3.63, 3.8) is 0 Å². The van der Waals surface area contributed by atoms with Gasteiger partial charge in [0.25, 0.3) is 0 Å². The lowest BCUT2D eigenvalue weighted by Crippen LogP contribution is -2.27. The molecule has 3 nitrogen and oxygen atoms in total. The number of carbonyl (C=O) groups is 2. The molecule has 0 bridgehead atoms. The van der Waals surface area contributed by atoms with E-state index < -0.39 is 0 Å². The molecule has 3 heteroatoms. The van der Waals surface area contributed by atoms with Crippen molar-refractivity contribution in [1.82, 2.24) is 5.32 Å². The summed E-state index contributed by atoms with van der Waals surface area (Å²) in [5.74, 6) is 0.474. The molecule has 1 N–H and O–H groups in total. The monoisotopic (exact) mass is 257 g/mol. The molecule has 0 aliphatic heterocycles. The van der Waals surface area contributed by atoms with Gasteiger partial charge in [0, 0.05) is 23.7 Å². The van der Waals surface area contributed by atoms with Crippen LogP contribution in [0.15, 0.2) is 36.0 Å². The summed E-state index contributed by atoms with van der Waals surface area (Å²) in [4.78, 5) is 24.1. The van der Waals surface area contributed by atoms with Crippen molar-refractivity contribution in [1.29, 1.82) is 0 Å². The highest BCUT2D eigenvalue weighted by Crippen LogP contribution is 2.19. The smallest absolute Gasteiger partial charge is 0.209 e. The van der Waals surface area contributed by atoms with Gasteiger partial charge in [0.1, 0.15) is 0 Å². The number of carbonyl (C=O) groups excluding carboxylic acids is 2. The van der Waals surface area contributed by atoms with Crippen molar-refractivity contribution in [2.45, 2.75) is 26.7 Å². The van der Waals surface area contributed by atoms with Gasteiger partial charge in [-0.05, 0) is 18.8 Å². The molecule has 0 aromatic heterocycles. The topological polar surface area (TPSA) is 46.2 Å². The zero-order valence-corrected chi connectivity index (χ0v) is 11.4. The first-order valence-corrected chi connectivity index (χ1v) is 6.73. The van der Waals surface area contributed by atoms with Crippen molar-refractivity contribution in [2.75, 3.05) is 6.54 Å². The number of hydrogen-bond acceptors (Lipinski definition) is 3. The molecular formula is C16H19NO2. The Kier molecular flexibility index (Phi) is 4.15. The molecule has 1 aromatic rings. The number of fused-ring (bicyclic) bond motifs is 1. The summed E-state index contributed by atoms with van der Waals surface area (Å²) in [6.07, 6.45) is 3.52. The number of hydrogen-bond donors (Lipinski definition) is 1. The normalized spacial score (nSPS) is 14.4. The lowest BCUT2D eigenvalue weighted by Gasteiger charge is -2.16. The van der Waals surface area contributed by atoms with E-state index in [4.69, 9.17) is 0 Å². The Morgan fingerprint density at radius 1 is 1.11 bits per heavy atom. The van der Waals surface area contributed by atoms with E-state index in [1.807, 2.05) is 0 Å². The van der Waals surface area contributed by atoms with E-state index >= 15 is 0 Å². The molecule has 0 spiro atoms. The summed E-state index contributed by atoms with van der Waals surface area (Å²) in [5, 5.41) is 3.09. The minimum absolute atomic E-state index is 0.0836. The maximum Gasteiger partial charge on any atom is 0.209 e. The predicted molar refractivity (Wildman–Crippen MR) is 75.3 cm³/mol. The molecule has 1 aliphatic rings. The van der Waals surface area contributed by atoms with E-state index in [-0.39, 0.29) is 11.6 Å². The van der Waals surface area contributed by atoms with Gasteiger partial charge in [-0.15, -0.1) is 0 Å². The van der Waals surface area contributed by atoms with Crippen LogP contribution in [-0.2, 0) is 0 Å². The van der Waals surface area contributed by atoms with E-state index in [1.165, 1.54) is 6.08 Å². The zero-order chi connectivity index (χ0) is 13.8. The number of nitrogens with one attached hydrogen (secondary N) is 1. The number of Topliss-reactive ketones (excluding diaryl/α,β-unsaturated/α-hetero) is 1. The highest BCUT2D eigenvalue weighted by Gasteiger charge is 2.24. The van der Waals surface area contributed by atoms with Crippen LogP contribution in [0.25, 0.3) is 0 Å². The van der Waals surface area contributed by atoms with Crippen LogP contribution in [0.1, 0.15) is 47.4 Å². The molecule has 100 valence electrons. The third kappa shape index (κ3) is 3.11. The molecule has 0 saturated heterocycles. The van der Waals surface area contributed by atoms with Crippen molar-refractivity contribution in [3.8, 4) is 0 Å².